The van der Waals surface area contributed by atoms with Crippen LogP contribution in [0.3, 0.4) is 0 Å². The van der Waals surface area contributed by atoms with Crippen molar-refractivity contribution in [2.24, 2.45) is 11.3 Å². The molecule has 23 heavy (non-hydrogen) atoms. The number of likely N-dealkylation sites (N-methyl/N-ethyl adjacent to an activating group) is 1. The number of nitrogens with one attached hydrogen (secondary N) is 1. The van der Waals surface area contributed by atoms with Gasteiger partial charge in [-0.3, -0.25) is 4.79 Å². The summed E-state index contributed by atoms with van der Waals surface area (Å²) in [6.07, 6.45) is 2.46. The number of esters is 1. The van der Waals surface area contributed by atoms with E-state index >= 15 is 0 Å². The van der Waals surface area contributed by atoms with E-state index in [1.165, 1.54) is 28.2 Å². The second-order valence-corrected chi connectivity index (χ2v) is 8.44. The number of amides is 1. The minimum Gasteiger partial charge on any atom is -0.448 e. The van der Waals surface area contributed by atoms with Gasteiger partial charge in [0.25, 0.3) is 5.91 Å². The molecule has 1 N–H and O–H groups in total. The van der Waals surface area contributed by atoms with E-state index < -0.39 is 12.1 Å². The standard InChI is InChI=1S/C18H27NO3S/c1-6-19-16(20)11(2)22-17(21)15-10-12-9-13(18(3,4)5)7-8-14(12)23-15/h10-11,13H,6-9H2,1-5H3,(H,19,20)/t11-,13-/m0/s1. The van der Waals surface area contributed by atoms with Crippen LogP contribution in [0.25, 0.3) is 0 Å². The van der Waals surface area contributed by atoms with Crippen molar-refractivity contribution in [2.45, 2.75) is 60.0 Å². The fraction of sp³-hybridized carbons (Fsp3) is 0.667. The van der Waals surface area contributed by atoms with Crippen molar-refractivity contribution in [3.63, 3.8) is 0 Å². The van der Waals surface area contributed by atoms with Gasteiger partial charge >= 0.3 is 5.97 Å². The molecular weight excluding hydrogens is 310 g/mol. The van der Waals surface area contributed by atoms with Crippen LogP contribution in [0.2, 0.25) is 0 Å². The molecule has 0 spiro atoms. The molecule has 128 valence electrons. The average molecular weight is 337 g/mol. The van der Waals surface area contributed by atoms with E-state index in [1.807, 2.05) is 13.0 Å². The van der Waals surface area contributed by atoms with Crippen molar-refractivity contribution < 1.29 is 14.3 Å². The molecule has 1 aliphatic carbocycles. The molecule has 0 aliphatic heterocycles. The quantitative estimate of drug-likeness (QED) is 0.854. The molecule has 0 unspecified atom stereocenters. The van der Waals surface area contributed by atoms with E-state index in [1.54, 1.807) is 6.92 Å². The first-order valence-corrected chi connectivity index (χ1v) is 9.14. The lowest BCUT2D eigenvalue weighted by atomic mass is 9.72. The molecule has 1 aromatic heterocycles. The van der Waals surface area contributed by atoms with E-state index in [-0.39, 0.29) is 11.3 Å². The summed E-state index contributed by atoms with van der Waals surface area (Å²) in [6.45, 7) is 10.8. The van der Waals surface area contributed by atoms with E-state index in [4.69, 9.17) is 4.74 Å². The summed E-state index contributed by atoms with van der Waals surface area (Å²) in [7, 11) is 0. The number of carbonyl (C=O) groups excluding carboxylic acids is 2. The van der Waals surface area contributed by atoms with Crippen LogP contribution in [-0.2, 0) is 22.4 Å². The van der Waals surface area contributed by atoms with Crippen LogP contribution in [0.15, 0.2) is 6.07 Å². The Balaban J connectivity index is 2.05. The van der Waals surface area contributed by atoms with E-state index in [2.05, 4.69) is 26.1 Å². The molecule has 1 aromatic rings. The summed E-state index contributed by atoms with van der Waals surface area (Å²) >= 11 is 1.52. The number of thiophene rings is 1. The summed E-state index contributed by atoms with van der Waals surface area (Å²) < 4.78 is 5.28. The number of fused-ring (bicyclic) bond motifs is 1. The first-order valence-electron chi connectivity index (χ1n) is 8.32. The fourth-order valence-electron chi connectivity index (χ4n) is 2.95. The van der Waals surface area contributed by atoms with Crippen LogP contribution < -0.4 is 5.32 Å². The summed E-state index contributed by atoms with van der Waals surface area (Å²) in [5.41, 5.74) is 1.56. The lowest BCUT2D eigenvalue weighted by Crippen LogP contribution is -2.35. The van der Waals surface area contributed by atoms with Crippen molar-refractivity contribution in [1.29, 1.82) is 0 Å². The number of hydrogen-bond donors (Lipinski definition) is 1. The lowest BCUT2D eigenvalue weighted by molar-refractivity contribution is -0.128. The minimum atomic E-state index is -0.760. The van der Waals surface area contributed by atoms with Gasteiger partial charge in [-0.25, -0.2) is 4.79 Å². The van der Waals surface area contributed by atoms with Crippen LogP contribution in [-0.4, -0.2) is 24.5 Å². The Hall–Kier alpha value is -1.36. The largest absolute Gasteiger partial charge is 0.448 e. The predicted octanol–water partition coefficient (Wildman–Crippen LogP) is 3.58. The van der Waals surface area contributed by atoms with Gasteiger partial charge in [0.05, 0.1) is 0 Å². The van der Waals surface area contributed by atoms with Crippen molar-refractivity contribution in [1.82, 2.24) is 5.32 Å². The topological polar surface area (TPSA) is 55.4 Å². The molecule has 2 atom stereocenters. The minimum absolute atomic E-state index is 0.255. The van der Waals surface area contributed by atoms with Crippen LogP contribution in [0.1, 0.15) is 61.2 Å². The highest BCUT2D eigenvalue weighted by Gasteiger charge is 2.31. The van der Waals surface area contributed by atoms with Gasteiger partial charge in [0.1, 0.15) is 4.88 Å². The van der Waals surface area contributed by atoms with Gasteiger partial charge < -0.3 is 10.1 Å². The number of rotatable bonds is 4. The molecule has 2 rings (SSSR count). The molecule has 5 heteroatoms. The molecule has 4 nitrogen and oxygen atoms in total. The molecule has 0 fully saturated rings. The maximum Gasteiger partial charge on any atom is 0.349 e. The number of hydrogen-bond acceptors (Lipinski definition) is 4. The molecule has 0 saturated heterocycles. The first kappa shape index (κ1) is 18.0. The van der Waals surface area contributed by atoms with Gasteiger partial charge in [0.15, 0.2) is 6.10 Å². The van der Waals surface area contributed by atoms with Crippen LogP contribution in [0.4, 0.5) is 0 Å². The summed E-state index contributed by atoms with van der Waals surface area (Å²) in [5.74, 6) is -0.00634. The van der Waals surface area contributed by atoms with Crippen LogP contribution in [0, 0.1) is 11.3 Å². The number of aryl methyl sites for hydroxylation is 1. The lowest BCUT2D eigenvalue weighted by Gasteiger charge is -2.33. The highest BCUT2D eigenvalue weighted by atomic mass is 32.1. The second-order valence-electron chi connectivity index (χ2n) is 7.31. The Kier molecular flexibility index (Phi) is 5.50. The van der Waals surface area contributed by atoms with Gasteiger partial charge in [-0.2, -0.15) is 0 Å². The second kappa shape index (κ2) is 7.04. The highest BCUT2D eigenvalue weighted by Crippen LogP contribution is 2.40. The van der Waals surface area contributed by atoms with Gasteiger partial charge in [-0.1, -0.05) is 20.8 Å². The Morgan fingerprint density at radius 1 is 1.43 bits per heavy atom. The molecule has 1 aliphatic rings. The monoisotopic (exact) mass is 337 g/mol. The van der Waals surface area contributed by atoms with Crippen molar-refractivity contribution in [2.75, 3.05) is 6.54 Å². The highest BCUT2D eigenvalue weighted by molar-refractivity contribution is 7.14. The average Bonchev–Trinajstić information content (AvgIpc) is 2.89. The molecule has 0 bridgehead atoms. The Labute approximate surface area is 142 Å². The summed E-state index contributed by atoms with van der Waals surface area (Å²) in [5, 5.41) is 2.66. The molecule has 0 saturated carbocycles. The van der Waals surface area contributed by atoms with Crippen LogP contribution in [0.5, 0.6) is 0 Å². The Morgan fingerprint density at radius 3 is 2.74 bits per heavy atom. The SMILES string of the molecule is CCNC(=O)[C@H](C)OC(=O)c1cc2c(s1)CC[C@H](C(C)(C)C)C2. The smallest absolute Gasteiger partial charge is 0.349 e. The van der Waals surface area contributed by atoms with Gasteiger partial charge in [-0.05, 0) is 56.1 Å². The third-order valence-electron chi connectivity index (χ3n) is 4.51. The van der Waals surface area contributed by atoms with E-state index in [0.717, 1.165) is 12.8 Å². The molecule has 1 amide bonds. The fourth-order valence-corrected chi connectivity index (χ4v) is 4.04. The zero-order chi connectivity index (χ0) is 17.2. The molecule has 0 radical (unpaired) electrons. The zero-order valence-corrected chi connectivity index (χ0v) is 15.5. The zero-order valence-electron chi connectivity index (χ0n) is 14.7. The van der Waals surface area contributed by atoms with E-state index in [0.29, 0.717) is 17.3 Å². The maximum atomic E-state index is 12.3. The molecule has 0 aromatic carbocycles. The summed E-state index contributed by atoms with van der Waals surface area (Å²) in [6, 6.07) is 1.96. The molecular formula is C18H27NO3S. The Bertz CT molecular complexity index is 586. The number of carbonyl (C=O) groups is 2. The Morgan fingerprint density at radius 2 is 2.13 bits per heavy atom. The normalized spacial score (nSPS) is 18.9. The van der Waals surface area contributed by atoms with Crippen molar-refractivity contribution >= 4 is 23.2 Å². The van der Waals surface area contributed by atoms with Crippen molar-refractivity contribution in [3.05, 3.63) is 21.4 Å². The summed E-state index contributed by atoms with van der Waals surface area (Å²) in [4.78, 5) is 25.8. The van der Waals surface area contributed by atoms with Crippen molar-refractivity contribution in [3.8, 4) is 0 Å². The third-order valence-corrected chi connectivity index (χ3v) is 5.73. The van der Waals surface area contributed by atoms with Crippen LogP contribution >= 0.6 is 11.3 Å². The van der Waals surface area contributed by atoms with E-state index in [9.17, 15) is 9.59 Å². The molecule has 1 heterocycles. The van der Waals surface area contributed by atoms with Gasteiger partial charge in [0, 0.05) is 11.4 Å². The van der Waals surface area contributed by atoms with Gasteiger partial charge in [0.2, 0.25) is 0 Å². The van der Waals surface area contributed by atoms with Gasteiger partial charge in [-0.15, -0.1) is 11.3 Å². The first-order chi connectivity index (χ1) is 10.7. The number of ether oxygens (including phenoxy) is 1. The predicted molar refractivity (Wildman–Crippen MR) is 92.9 cm³/mol. The maximum absolute atomic E-state index is 12.3. The third kappa shape index (κ3) is 4.34.